The number of hydrogen-bond acceptors (Lipinski definition) is 4. The van der Waals surface area contributed by atoms with Gasteiger partial charge in [-0.15, -0.1) is 0 Å². The number of allylic oxidation sites excluding steroid dienone is 4. The normalized spacial score (nSPS) is 24.1. The lowest BCUT2D eigenvalue weighted by atomic mass is 9.97. The smallest absolute Gasteiger partial charge is 0.0671 e. The first kappa shape index (κ1) is 16.2. The van der Waals surface area contributed by atoms with Crippen LogP contribution >= 0.6 is 0 Å². The summed E-state index contributed by atoms with van der Waals surface area (Å²) < 4.78 is 5.37. The molecule has 118 valence electrons. The summed E-state index contributed by atoms with van der Waals surface area (Å²) in [5, 5.41) is 0. The maximum Gasteiger partial charge on any atom is 0.0671 e. The van der Waals surface area contributed by atoms with Crippen LogP contribution in [0, 0.1) is 5.92 Å². The Bertz CT molecular complexity index is 427. The van der Waals surface area contributed by atoms with Crippen molar-refractivity contribution in [2.45, 2.75) is 33.2 Å². The summed E-state index contributed by atoms with van der Waals surface area (Å²) >= 11 is 0. The topological polar surface area (TPSA) is 28.1 Å². The standard InChI is InChI=1S/C17H29N3O/c1-14(2)16(18-5)7-6-15(3)19-8-10-20(11-9-19)17(4)12-21-13-17/h6-7,14H,5,8-13H2,1-4H3/b15-6+,16-7-. The predicted molar refractivity (Wildman–Crippen MR) is 88.6 cm³/mol. The maximum absolute atomic E-state index is 5.37. The van der Waals surface area contributed by atoms with Crippen molar-refractivity contribution in [1.29, 1.82) is 0 Å². The third-order valence-corrected chi connectivity index (χ3v) is 4.64. The molecule has 0 aromatic rings. The molecule has 2 aliphatic heterocycles. The third-order valence-electron chi connectivity index (χ3n) is 4.64. The van der Waals surface area contributed by atoms with Crippen molar-refractivity contribution in [1.82, 2.24) is 9.80 Å². The van der Waals surface area contributed by atoms with Crippen LogP contribution in [0.5, 0.6) is 0 Å². The molecule has 2 rings (SSSR count). The molecule has 0 N–H and O–H groups in total. The molecule has 4 heteroatoms. The molecule has 0 unspecified atom stereocenters. The predicted octanol–water partition coefficient (Wildman–Crippen LogP) is 2.54. The number of piperazine rings is 1. The minimum Gasteiger partial charge on any atom is -0.377 e. The number of rotatable bonds is 5. The van der Waals surface area contributed by atoms with Gasteiger partial charge in [0.15, 0.2) is 0 Å². The van der Waals surface area contributed by atoms with Crippen molar-refractivity contribution < 1.29 is 4.74 Å². The molecule has 0 aromatic heterocycles. The van der Waals surface area contributed by atoms with Gasteiger partial charge in [0.25, 0.3) is 0 Å². The van der Waals surface area contributed by atoms with Crippen molar-refractivity contribution in [2.24, 2.45) is 10.9 Å². The highest BCUT2D eigenvalue weighted by Gasteiger charge is 2.40. The quantitative estimate of drug-likeness (QED) is 0.575. The van der Waals surface area contributed by atoms with Crippen LogP contribution in [0.1, 0.15) is 27.7 Å². The fourth-order valence-electron chi connectivity index (χ4n) is 2.92. The van der Waals surface area contributed by atoms with Crippen LogP contribution in [0.4, 0.5) is 0 Å². The first-order chi connectivity index (χ1) is 9.96. The molecule has 21 heavy (non-hydrogen) atoms. The van der Waals surface area contributed by atoms with Crippen molar-refractivity contribution in [3.63, 3.8) is 0 Å². The Morgan fingerprint density at radius 3 is 2.24 bits per heavy atom. The monoisotopic (exact) mass is 291 g/mol. The third kappa shape index (κ3) is 3.74. The van der Waals surface area contributed by atoms with E-state index in [1.807, 2.05) is 0 Å². The first-order valence-corrected chi connectivity index (χ1v) is 7.89. The Morgan fingerprint density at radius 1 is 1.19 bits per heavy atom. The van der Waals surface area contributed by atoms with Gasteiger partial charge < -0.3 is 9.64 Å². The Kier molecular flexibility index (Phi) is 5.22. The minimum absolute atomic E-state index is 0.279. The Hall–Kier alpha value is -1.13. The first-order valence-electron chi connectivity index (χ1n) is 7.89. The lowest BCUT2D eigenvalue weighted by molar-refractivity contribution is -0.138. The highest BCUT2D eigenvalue weighted by Crippen LogP contribution is 2.26. The van der Waals surface area contributed by atoms with E-state index in [4.69, 9.17) is 4.74 Å². The van der Waals surface area contributed by atoms with Crippen LogP contribution in [0.3, 0.4) is 0 Å². The summed E-state index contributed by atoms with van der Waals surface area (Å²) in [5.74, 6) is 0.418. The molecule has 0 aromatic carbocycles. The summed E-state index contributed by atoms with van der Waals surface area (Å²) in [6.07, 6.45) is 4.27. The van der Waals surface area contributed by atoms with E-state index in [2.05, 4.69) is 61.4 Å². The molecule has 0 spiro atoms. The summed E-state index contributed by atoms with van der Waals surface area (Å²) in [6, 6.07) is 0. The van der Waals surface area contributed by atoms with Crippen molar-refractivity contribution in [3.05, 3.63) is 23.5 Å². The van der Waals surface area contributed by atoms with Crippen LogP contribution in [0.15, 0.2) is 28.5 Å². The number of aliphatic imine (C=N–C) groups is 1. The van der Waals surface area contributed by atoms with Gasteiger partial charge in [-0.25, -0.2) is 0 Å². The Morgan fingerprint density at radius 2 is 1.81 bits per heavy atom. The number of ether oxygens (including phenoxy) is 1. The van der Waals surface area contributed by atoms with E-state index in [1.54, 1.807) is 0 Å². The zero-order chi connectivity index (χ0) is 15.5. The molecule has 0 aliphatic carbocycles. The molecule has 0 amide bonds. The average Bonchev–Trinajstić information content (AvgIpc) is 2.45. The van der Waals surface area contributed by atoms with Gasteiger partial charge in [-0.1, -0.05) is 13.8 Å². The fraction of sp³-hybridized carbons (Fsp3) is 0.706. The molecule has 0 saturated carbocycles. The number of hydrogen-bond donors (Lipinski definition) is 0. The van der Waals surface area contributed by atoms with Crippen molar-refractivity contribution in [3.8, 4) is 0 Å². The summed E-state index contributed by atoms with van der Waals surface area (Å²) in [5.41, 5.74) is 2.64. The van der Waals surface area contributed by atoms with Gasteiger partial charge in [-0.2, -0.15) is 0 Å². The fourth-order valence-corrected chi connectivity index (χ4v) is 2.92. The molecular weight excluding hydrogens is 262 g/mol. The van der Waals surface area contributed by atoms with Gasteiger partial charge >= 0.3 is 0 Å². The summed E-state index contributed by atoms with van der Waals surface area (Å²) in [6.45, 7) is 18.6. The average molecular weight is 291 g/mol. The SMILES string of the molecule is C=N/C(=C\C=C(/C)N1CCN(C2(C)COC2)CC1)C(C)C. The zero-order valence-electron chi connectivity index (χ0n) is 13.9. The van der Waals surface area contributed by atoms with Gasteiger partial charge in [0.05, 0.1) is 18.8 Å². The van der Waals surface area contributed by atoms with Gasteiger partial charge in [-0.05, 0) is 38.6 Å². The van der Waals surface area contributed by atoms with Crippen molar-refractivity contribution >= 4 is 6.72 Å². The lowest BCUT2D eigenvalue weighted by Gasteiger charge is -2.50. The minimum atomic E-state index is 0.279. The van der Waals surface area contributed by atoms with Gasteiger partial charge in [0, 0.05) is 37.6 Å². The van der Waals surface area contributed by atoms with E-state index in [0.717, 1.165) is 45.1 Å². The largest absolute Gasteiger partial charge is 0.377 e. The van der Waals surface area contributed by atoms with E-state index in [0.29, 0.717) is 5.92 Å². The van der Waals surface area contributed by atoms with Crippen LogP contribution in [0.25, 0.3) is 0 Å². The molecule has 2 heterocycles. The summed E-state index contributed by atoms with van der Waals surface area (Å²) in [7, 11) is 0. The molecule has 2 aliphatic rings. The van der Waals surface area contributed by atoms with E-state index in [-0.39, 0.29) is 5.54 Å². The molecule has 2 saturated heterocycles. The second kappa shape index (κ2) is 6.75. The van der Waals surface area contributed by atoms with E-state index < -0.39 is 0 Å². The highest BCUT2D eigenvalue weighted by atomic mass is 16.5. The molecule has 0 bridgehead atoms. The van der Waals surface area contributed by atoms with Crippen LogP contribution in [-0.4, -0.2) is 61.4 Å². The molecule has 0 atom stereocenters. The second-order valence-corrected chi connectivity index (χ2v) is 6.68. The maximum atomic E-state index is 5.37. The van der Waals surface area contributed by atoms with Crippen LogP contribution in [0.2, 0.25) is 0 Å². The van der Waals surface area contributed by atoms with Crippen molar-refractivity contribution in [2.75, 3.05) is 39.4 Å². The Labute approximate surface area is 129 Å². The van der Waals surface area contributed by atoms with Gasteiger partial charge in [0.2, 0.25) is 0 Å². The van der Waals surface area contributed by atoms with Crippen LogP contribution < -0.4 is 0 Å². The van der Waals surface area contributed by atoms with E-state index >= 15 is 0 Å². The molecule has 0 radical (unpaired) electrons. The molecular formula is C17H29N3O. The Balaban J connectivity index is 1.90. The molecule has 2 fully saturated rings. The summed E-state index contributed by atoms with van der Waals surface area (Å²) in [4.78, 5) is 9.12. The second-order valence-electron chi connectivity index (χ2n) is 6.68. The van der Waals surface area contributed by atoms with Gasteiger partial charge in [-0.3, -0.25) is 9.89 Å². The zero-order valence-corrected chi connectivity index (χ0v) is 13.9. The lowest BCUT2D eigenvalue weighted by Crippen LogP contribution is -2.64. The highest BCUT2D eigenvalue weighted by molar-refractivity contribution is 5.31. The van der Waals surface area contributed by atoms with Gasteiger partial charge in [0.1, 0.15) is 0 Å². The van der Waals surface area contributed by atoms with E-state index in [1.165, 1.54) is 5.70 Å². The molecule has 4 nitrogen and oxygen atoms in total. The van der Waals surface area contributed by atoms with E-state index in [9.17, 15) is 0 Å². The number of nitrogens with zero attached hydrogens (tertiary/aromatic N) is 3. The van der Waals surface area contributed by atoms with Crippen LogP contribution in [-0.2, 0) is 4.74 Å².